The van der Waals surface area contributed by atoms with E-state index in [0.29, 0.717) is 12.1 Å². The second-order valence-electron chi connectivity index (χ2n) is 7.25. The van der Waals surface area contributed by atoms with Crippen LogP contribution < -0.4 is 5.32 Å². The SMILES string of the molecule is CC(C)CC1CSC(NC2CC3CCCC(C2)N3C)=N1. The molecule has 114 valence electrons. The van der Waals surface area contributed by atoms with E-state index < -0.39 is 0 Å². The minimum atomic E-state index is 0.549. The van der Waals surface area contributed by atoms with Crippen LogP contribution in [0.2, 0.25) is 0 Å². The minimum absolute atomic E-state index is 0.549. The predicted molar refractivity (Wildman–Crippen MR) is 88.5 cm³/mol. The van der Waals surface area contributed by atoms with Gasteiger partial charge in [-0.15, -0.1) is 0 Å². The normalized spacial score (nSPS) is 38.1. The summed E-state index contributed by atoms with van der Waals surface area (Å²) in [6, 6.07) is 2.82. The summed E-state index contributed by atoms with van der Waals surface area (Å²) in [7, 11) is 2.32. The molecule has 2 bridgehead atoms. The van der Waals surface area contributed by atoms with E-state index in [9.17, 15) is 0 Å². The molecule has 0 aromatic rings. The second kappa shape index (κ2) is 6.27. The van der Waals surface area contributed by atoms with Crippen LogP contribution in [0.3, 0.4) is 0 Å². The Hall–Kier alpha value is -0.220. The van der Waals surface area contributed by atoms with Crippen LogP contribution in [0.4, 0.5) is 0 Å². The number of hydrogen-bond acceptors (Lipinski definition) is 4. The monoisotopic (exact) mass is 295 g/mol. The zero-order valence-corrected chi connectivity index (χ0v) is 14.0. The zero-order valence-electron chi connectivity index (χ0n) is 13.1. The molecule has 3 rings (SSSR count). The van der Waals surface area contributed by atoms with Crippen LogP contribution >= 0.6 is 11.8 Å². The molecule has 0 aromatic carbocycles. The van der Waals surface area contributed by atoms with Gasteiger partial charge in [-0.25, -0.2) is 0 Å². The maximum Gasteiger partial charge on any atom is 0.157 e. The lowest BCUT2D eigenvalue weighted by Crippen LogP contribution is -2.54. The minimum Gasteiger partial charge on any atom is -0.362 e. The number of rotatable bonds is 3. The average Bonchev–Trinajstić information content (AvgIpc) is 2.77. The van der Waals surface area contributed by atoms with Crippen LogP contribution in [0.5, 0.6) is 0 Å². The molecule has 3 heterocycles. The maximum atomic E-state index is 4.89. The molecule has 4 heteroatoms. The number of piperidine rings is 2. The summed E-state index contributed by atoms with van der Waals surface area (Å²) in [4.78, 5) is 7.52. The Bertz CT molecular complexity index is 355. The van der Waals surface area contributed by atoms with Gasteiger partial charge in [-0.05, 0) is 45.1 Å². The maximum absolute atomic E-state index is 4.89. The summed E-state index contributed by atoms with van der Waals surface area (Å²) < 4.78 is 0. The first-order chi connectivity index (χ1) is 9.61. The van der Waals surface area contributed by atoms with Crippen molar-refractivity contribution in [1.82, 2.24) is 10.2 Å². The molecule has 3 aliphatic rings. The van der Waals surface area contributed by atoms with E-state index in [1.54, 1.807) is 0 Å². The van der Waals surface area contributed by atoms with Crippen LogP contribution in [0.1, 0.15) is 52.4 Å². The highest BCUT2D eigenvalue weighted by Crippen LogP contribution is 2.33. The number of aliphatic imine (C=N–C) groups is 1. The summed E-state index contributed by atoms with van der Waals surface area (Å²) in [5.41, 5.74) is 0. The lowest BCUT2D eigenvalue weighted by atomic mass is 9.82. The number of hydrogen-bond donors (Lipinski definition) is 1. The fraction of sp³-hybridized carbons (Fsp3) is 0.938. The Morgan fingerprint density at radius 2 is 2.00 bits per heavy atom. The highest BCUT2D eigenvalue weighted by Gasteiger charge is 2.36. The summed E-state index contributed by atoms with van der Waals surface area (Å²) in [6.07, 6.45) is 8.06. The van der Waals surface area contributed by atoms with Gasteiger partial charge in [0.05, 0.1) is 6.04 Å². The van der Waals surface area contributed by atoms with E-state index in [-0.39, 0.29) is 0 Å². The Kier molecular flexibility index (Phi) is 4.61. The van der Waals surface area contributed by atoms with Gasteiger partial charge in [0.15, 0.2) is 5.17 Å². The predicted octanol–water partition coefficient (Wildman–Crippen LogP) is 3.11. The van der Waals surface area contributed by atoms with Crippen molar-refractivity contribution in [2.24, 2.45) is 10.9 Å². The molecule has 0 amide bonds. The number of fused-ring (bicyclic) bond motifs is 2. The summed E-state index contributed by atoms with van der Waals surface area (Å²) in [5.74, 6) is 1.94. The molecular formula is C16H29N3S. The van der Waals surface area contributed by atoms with Crippen molar-refractivity contribution in [2.45, 2.75) is 76.5 Å². The number of amidine groups is 1. The molecule has 3 nitrogen and oxygen atoms in total. The van der Waals surface area contributed by atoms with Crippen molar-refractivity contribution in [3.8, 4) is 0 Å². The molecule has 0 aromatic heterocycles. The highest BCUT2D eigenvalue weighted by molar-refractivity contribution is 8.14. The second-order valence-corrected chi connectivity index (χ2v) is 8.25. The number of nitrogens with one attached hydrogen (secondary N) is 1. The third-order valence-corrected chi connectivity index (χ3v) is 6.17. The molecule has 3 unspecified atom stereocenters. The Morgan fingerprint density at radius 3 is 2.65 bits per heavy atom. The first-order valence-corrected chi connectivity index (χ1v) is 9.29. The molecule has 20 heavy (non-hydrogen) atoms. The Morgan fingerprint density at radius 1 is 1.30 bits per heavy atom. The lowest BCUT2D eigenvalue weighted by Gasteiger charge is -2.47. The van der Waals surface area contributed by atoms with Crippen molar-refractivity contribution >= 4 is 16.9 Å². The topological polar surface area (TPSA) is 27.6 Å². The van der Waals surface area contributed by atoms with Crippen LogP contribution in [-0.2, 0) is 0 Å². The van der Waals surface area contributed by atoms with E-state index in [0.717, 1.165) is 18.0 Å². The van der Waals surface area contributed by atoms with Gasteiger partial charge in [-0.1, -0.05) is 32.0 Å². The first kappa shape index (κ1) is 14.7. The molecule has 0 radical (unpaired) electrons. The van der Waals surface area contributed by atoms with Gasteiger partial charge in [0, 0.05) is 23.9 Å². The molecule has 1 N–H and O–H groups in total. The van der Waals surface area contributed by atoms with Gasteiger partial charge < -0.3 is 10.2 Å². The van der Waals surface area contributed by atoms with Gasteiger partial charge in [0.2, 0.25) is 0 Å². The van der Waals surface area contributed by atoms with Crippen LogP contribution in [-0.4, -0.2) is 47.0 Å². The molecule has 3 atom stereocenters. The van der Waals surface area contributed by atoms with Crippen LogP contribution in [0.25, 0.3) is 0 Å². The quantitative estimate of drug-likeness (QED) is 0.867. The summed E-state index contributed by atoms with van der Waals surface area (Å²) in [6.45, 7) is 4.59. The molecule has 0 saturated carbocycles. The van der Waals surface area contributed by atoms with Crippen molar-refractivity contribution in [3.05, 3.63) is 0 Å². The van der Waals surface area contributed by atoms with E-state index in [1.807, 2.05) is 11.8 Å². The van der Waals surface area contributed by atoms with E-state index in [4.69, 9.17) is 4.99 Å². The summed E-state index contributed by atoms with van der Waals surface area (Å²) >= 11 is 1.94. The van der Waals surface area contributed by atoms with Crippen molar-refractivity contribution in [1.29, 1.82) is 0 Å². The van der Waals surface area contributed by atoms with E-state index >= 15 is 0 Å². The fourth-order valence-electron chi connectivity index (χ4n) is 4.07. The zero-order chi connectivity index (χ0) is 14.1. The van der Waals surface area contributed by atoms with Gasteiger partial charge >= 0.3 is 0 Å². The van der Waals surface area contributed by atoms with Crippen molar-refractivity contribution in [2.75, 3.05) is 12.8 Å². The Labute approximate surface area is 128 Å². The molecule has 2 fully saturated rings. The molecule has 2 saturated heterocycles. The Balaban J connectivity index is 1.54. The van der Waals surface area contributed by atoms with Gasteiger partial charge in [0.25, 0.3) is 0 Å². The van der Waals surface area contributed by atoms with Crippen LogP contribution in [0, 0.1) is 5.92 Å². The molecule has 0 spiro atoms. The van der Waals surface area contributed by atoms with Gasteiger partial charge in [-0.3, -0.25) is 4.99 Å². The third-order valence-electron chi connectivity index (χ3n) is 5.12. The third kappa shape index (κ3) is 3.33. The van der Waals surface area contributed by atoms with Gasteiger partial charge in [0.1, 0.15) is 0 Å². The standard InChI is InChI=1S/C16H29N3S/c1-11(2)7-13-10-20-16(18-13)17-12-8-14-5-4-6-15(9-12)19(14)3/h11-15H,4-10H2,1-3H3,(H,17,18). The summed E-state index contributed by atoms with van der Waals surface area (Å²) in [5, 5.41) is 4.98. The first-order valence-electron chi connectivity index (χ1n) is 8.31. The molecular weight excluding hydrogens is 266 g/mol. The van der Waals surface area contributed by atoms with Crippen molar-refractivity contribution in [3.63, 3.8) is 0 Å². The van der Waals surface area contributed by atoms with Crippen molar-refractivity contribution < 1.29 is 0 Å². The number of thioether (sulfide) groups is 1. The highest BCUT2D eigenvalue weighted by atomic mass is 32.2. The average molecular weight is 295 g/mol. The van der Waals surface area contributed by atoms with Gasteiger partial charge in [-0.2, -0.15) is 0 Å². The smallest absolute Gasteiger partial charge is 0.157 e. The molecule has 3 aliphatic heterocycles. The number of nitrogens with zero attached hydrogens (tertiary/aromatic N) is 2. The van der Waals surface area contributed by atoms with Crippen LogP contribution in [0.15, 0.2) is 4.99 Å². The fourth-order valence-corrected chi connectivity index (χ4v) is 5.10. The molecule has 0 aliphatic carbocycles. The van der Waals surface area contributed by atoms with E-state index in [2.05, 4.69) is 31.1 Å². The largest absolute Gasteiger partial charge is 0.362 e. The lowest BCUT2D eigenvalue weighted by molar-refractivity contribution is 0.0530. The van der Waals surface area contributed by atoms with E-state index in [1.165, 1.54) is 49.4 Å².